The van der Waals surface area contributed by atoms with Gasteiger partial charge < -0.3 is 9.47 Å². The van der Waals surface area contributed by atoms with Crippen LogP contribution in [0.1, 0.15) is 0 Å². The molecule has 23 heavy (non-hydrogen) atoms. The summed E-state index contributed by atoms with van der Waals surface area (Å²) in [6.07, 6.45) is 3.78. The van der Waals surface area contributed by atoms with Crippen molar-refractivity contribution in [2.75, 3.05) is 13.2 Å². The van der Waals surface area contributed by atoms with E-state index in [9.17, 15) is 0 Å². The van der Waals surface area contributed by atoms with Gasteiger partial charge in [-0.15, -0.1) is 5.54 Å². The van der Waals surface area contributed by atoms with Crippen LogP contribution >= 0.6 is 0 Å². The predicted molar refractivity (Wildman–Crippen MR) is 112 cm³/mol. The molecule has 0 radical (unpaired) electrons. The van der Waals surface area contributed by atoms with Crippen LogP contribution in [0.15, 0.2) is 23.6 Å². The Labute approximate surface area is 147 Å². The fraction of sp³-hybridized carbons (Fsp3) is 0.667. The van der Waals surface area contributed by atoms with Crippen molar-refractivity contribution in [1.82, 2.24) is 0 Å². The van der Waals surface area contributed by atoms with Crippen LogP contribution in [0.2, 0.25) is 58.9 Å². The van der Waals surface area contributed by atoms with E-state index >= 15 is 0 Å². The molecule has 5 heteroatoms. The third kappa shape index (κ3) is 17.8. The molecule has 0 spiro atoms. The molecule has 0 rings (SSSR count). The van der Waals surface area contributed by atoms with Crippen LogP contribution in [-0.2, 0) is 9.47 Å². The van der Waals surface area contributed by atoms with Crippen LogP contribution < -0.4 is 0 Å². The van der Waals surface area contributed by atoms with Crippen molar-refractivity contribution in [3.05, 3.63) is 23.6 Å². The Bertz CT molecular complexity index is 424. The molecule has 0 aliphatic heterocycles. The summed E-state index contributed by atoms with van der Waals surface area (Å²) in [7, 11) is -3.75. The highest BCUT2D eigenvalue weighted by Gasteiger charge is 2.11. The van der Waals surface area contributed by atoms with E-state index in [4.69, 9.17) is 9.47 Å². The van der Waals surface area contributed by atoms with Gasteiger partial charge in [0.05, 0.1) is 29.4 Å². The van der Waals surface area contributed by atoms with Gasteiger partial charge in [-0.1, -0.05) is 82.5 Å². The maximum Gasteiger partial charge on any atom is 0.222 e. The number of hydrogen-bond acceptors (Lipinski definition) is 2. The highest BCUT2D eigenvalue weighted by molar-refractivity contribution is 6.84. The molecule has 0 unspecified atom stereocenters. The van der Waals surface area contributed by atoms with Gasteiger partial charge in [-0.25, -0.2) is 0 Å². The van der Waals surface area contributed by atoms with Crippen molar-refractivity contribution in [2.24, 2.45) is 0 Å². The Morgan fingerprint density at radius 3 is 1.43 bits per heavy atom. The van der Waals surface area contributed by atoms with Gasteiger partial charge in [-0.2, -0.15) is 0 Å². The standard InChI is InChI=1S/C18H36O2Si3/c1-21(2,3)15-10-13-19-18(12-17-23(7,8)9)20-14-11-16-22(4,5)6/h10-11,15-16,18H,13-14H2,1-9H3/b15-10+,16-11+. The Kier molecular flexibility index (Phi) is 9.63. The molecule has 0 aromatic heterocycles. The molecule has 0 bridgehead atoms. The second-order valence-electron chi connectivity index (χ2n) is 9.05. The van der Waals surface area contributed by atoms with Crippen LogP contribution in [0.5, 0.6) is 0 Å². The summed E-state index contributed by atoms with van der Waals surface area (Å²) in [4.78, 5) is 0. The maximum atomic E-state index is 5.80. The van der Waals surface area contributed by atoms with Crippen LogP contribution in [0, 0.1) is 11.5 Å². The zero-order valence-electron chi connectivity index (χ0n) is 16.6. The van der Waals surface area contributed by atoms with E-state index in [2.05, 4.69) is 93.9 Å². The van der Waals surface area contributed by atoms with Gasteiger partial charge in [0.1, 0.15) is 8.07 Å². The molecule has 0 N–H and O–H groups in total. The first-order valence-electron chi connectivity index (χ1n) is 8.40. The summed E-state index contributed by atoms with van der Waals surface area (Å²) in [5, 5.41) is 0. The summed E-state index contributed by atoms with van der Waals surface area (Å²) in [5.41, 5.74) is 7.93. The van der Waals surface area contributed by atoms with Gasteiger partial charge in [-0.3, -0.25) is 0 Å². The Morgan fingerprint density at radius 1 is 0.739 bits per heavy atom. The van der Waals surface area contributed by atoms with E-state index in [-0.39, 0.29) is 0 Å². The van der Waals surface area contributed by atoms with Crippen molar-refractivity contribution in [2.45, 2.75) is 65.2 Å². The fourth-order valence-corrected chi connectivity index (χ4v) is 3.65. The predicted octanol–water partition coefficient (Wildman–Crippen LogP) is 5.09. The first-order valence-corrected chi connectivity index (χ1v) is 19.1. The van der Waals surface area contributed by atoms with Gasteiger partial charge in [0.2, 0.25) is 6.29 Å². The Morgan fingerprint density at radius 2 is 1.13 bits per heavy atom. The van der Waals surface area contributed by atoms with Crippen molar-refractivity contribution >= 4 is 24.2 Å². The van der Waals surface area contributed by atoms with Gasteiger partial charge in [0.15, 0.2) is 0 Å². The zero-order valence-corrected chi connectivity index (χ0v) is 19.6. The molecule has 0 atom stereocenters. The third-order valence-electron chi connectivity index (χ3n) is 2.49. The molecular weight excluding hydrogens is 332 g/mol. The van der Waals surface area contributed by atoms with Gasteiger partial charge >= 0.3 is 0 Å². The molecule has 0 amide bonds. The molecule has 132 valence electrons. The van der Waals surface area contributed by atoms with Crippen LogP contribution in [-0.4, -0.2) is 43.7 Å². The zero-order chi connectivity index (χ0) is 18.1. The van der Waals surface area contributed by atoms with E-state index in [1.54, 1.807) is 0 Å². The van der Waals surface area contributed by atoms with E-state index in [0.717, 1.165) is 0 Å². The van der Waals surface area contributed by atoms with Crippen molar-refractivity contribution in [1.29, 1.82) is 0 Å². The summed E-state index contributed by atoms with van der Waals surface area (Å²) in [6, 6.07) is 0. The Balaban J connectivity index is 4.60. The van der Waals surface area contributed by atoms with E-state index in [1.807, 2.05) is 0 Å². The lowest BCUT2D eigenvalue weighted by molar-refractivity contribution is -0.0868. The average Bonchev–Trinajstić information content (AvgIpc) is 2.31. The minimum Gasteiger partial charge on any atom is -0.338 e. The number of hydrogen-bond donors (Lipinski definition) is 0. The normalized spacial score (nSPS) is 13.8. The SMILES string of the molecule is C[Si](C)(C)C#CC(OC/C=C/[Si](C)(C)C)OC/C=C/[Si](C)(C)C. The van der Waals surface area contributed by atoms with Crippen LogP contribution in [0.25, 0.3) is 0 Å². The lowest BCUT2D eigenvalue weighted by atomic mass is 10.6. The first kappa shape index (κ1) is 22.6. The highest BCUT2D eigenvalue weighted by Crippen LogP contribution is 2.05. The smallest absolute Gasteiger partial charge is 0.222 e. The van der Waals surface area contributed by atoms with Gasteiger partial charge in [0.25, 0.3) is 0 Å². The molecule has 0 aromatic rings. The van der Waals surface area contributed by atoms with E-state index in [0.29, 0.717) is 13.2 Å². The number of rotatable bonds is 8. The second-order valence-corrected chi connectivity index (χ2v) is 23.9. The lowest BCUT2D eigenvalue weighted by Gasteiger charge is -2.14. The van der Waals surface area contributed by atoms with Crippen molar-refractivity contribution < 1.29 is 9.47 Å². The van der Waals surface area contributed by atoms with Gasteiger partial charge in [-0.05, 0) is 5.92 Å². The summed E-state index contributed by atoms with van der Waals surface area (Å²) in [6.45, 7) is 21.7. The summed E-state index contributed by atoms with van der Waals surface area (Å²) < 4.78 is 11.6. The maximum absolute atomic E-state index is 5.80. The van der Waals surface area contributed by atoms with Crippen molar-refractivity contribution in [3.8, 4) is 11.5 Å². The fourth-order valence-electron chi connectivity index (χ4n) is 1.50. The van der Waals surface area contributed by atoms with Crippen LogP contribution in [0.4, 0.5) is 0 Å². The van der Waals surface area contributed by atoms with Crippen LogP contribution in [0.3, 0.4) is 0 Å². The van der Waals surface area contributed by atoms with E-state index < -0.39 is 30.5 Å². The summed E-state index contributed by atoms with van der Waals surface area (Å²) in [5.74, 6) is 3.18. The minimum atomic E-state index is -1.42. The molecule has 0 fully saturated rings. The molecule has 0 saturated carbocycles. The minimum absolute atomic E-state index is 0.431. The lowest BCUT2D eigenvalue weighted by Crippen LogP contribution is -2.21. The molecular formula is C18H36O2Si3. The molecule has 2 nitrogen and oxygen atoms in total. The molecule has 0 aromatic carbocycles. The topological polar surface area (TPSA) is 18.5 Å². The number of ether oxygens (including phenoxy) is 2. The largest absolute Gasteiger partial charge is 0.338 e. The third-order valence-corrected chi connectivity index (χ3v) is 5.85. The van der Waals surface area contributed by atoms with Gasteiger partial charge in [0, 0.05) is 0 Å². The highest BCUT2D eigenvalue weighted by atomic mass is 28.3. The molecule has 0 aliphatic carbocycles. The average molecular weight is 369 g/mol. The van der Waals surface area contributed by atoms with Crippen molar-refractivity contribution in [3.63, 3.8) is 0 Å². The first-order chi connectivity index (χ1) is 10.3. The Hall–Kier alpha value is -0.389. The molecule has 0 aliphatic rings. The second kappa shape index (κ2) is 9.80. The summed E-state index contributed by atoms with van der Waals surface area (Å²) >= 11 is 0. The quantitative estimate of drug-likeness (QED) is 0.337. The molecule has 0 heterocycles. The molecule has 0 saturated heterocycles. The van der Waals surface area contributed by atoms with E-state index in [1.165, 1.54) is 0 Å². The monoisotopic (exact) mass is 368 g/mol.